The van der Waals surface area contributed by atoms with Crippen LogP contribution >= 0.6 is 0 Å². The van der Waals surface area contributed by atoms with E-state index in [0.717, 1.165) is 17.8 Å². The van der Waals surface area contributed by atoms with Crippen LogP contribution in [-0.2, 0) is 6.42 Å². The minimum absolute atomic E-state index is 0.109. The van der Waals surface area contributed by atoms with E-state index in [9.17, 15) is 4.79 Å². The second-order valence-corrected chi connectivity index (χ2v) is 6.68. The van der Waals surface area contributed by atoms with Gasteiger partial charge in [-0.15, -0.1) is 0 Å². The highest BCUT2D eigenvalue weighted by atomic mass is 16.1. The van der Waals surface area contributed by atoms with Gasteiger partial charge in [-0.2, -0.15) is 0 Å². The fourth-order valence-electron chi connectivity index (χ4n) is 3.62. The third-order valence-electron chi connectivity index (χ3n) is 4.98. The Morgan fingerprint density at radius 3 is 2.56 bits per heavy atom. The Labute approximate surface area is 157 Å². The lowest BCUT2D eigenvalue weighted by Crippen LogP contribution is -2.12. The molecule has 1 aliphatic carbocycles. The van der Waals surface area contributed by atoms with Crippen LogP contribution in [-0.4, -0.2) is 15.5 Å². The summed E-state index contributed by atoms with van der Waals surface area (Å²) < 4.78 is 1.90. The molecule has 1 N–H and O–H groups in total. The lowest BCUT2D eigenvalue weighted by molar-refractivity contribution is 0.102. The van der Waals surface area contributed by atoms with Crippen LogP contribution in [0.5, 0.6) is 0 Å². The molecule has 0 bridgehead atoms. The molecule has 4 heteroatoms. The third kappa shape index (κ3) is 2.81. The lowest BCUT2D eigenvalue weighted by atomic mass is 10.1. The van der Waals surface area contributed by atoms with Crippen LogP contribution in [0, 0.1) is 0 Å². The van der Waals surface area contributed by atoms with Gasteiger partial charge in [0.05, 0.1) is 6.33 Å². The molecule has 4 aromatic rings. The van der Waals surface area contributed by atoms with Gasteiger partial charge >= 0.3 is 0 Å². The standard InChI is InChI=1S/C23H17N3O/c27-23(16-5-8-20(9-6-16)26-12-11-24-15-26)25-19-7-10-22-18(14-19)13-17-3-1-2-4-21(17)22/h1-12,14-15H,13H2,(H,25,27). The quantitative estimate of drug-likeness (QED) is 0.512. The average molecular weight is 351 g/mol. The predicted molar refractivity (Wildman–Crippen MR) is 106 cm³/mol. The Bertz CT molecular complexity index is 1130. The molecule has 0 fully saturated rings. The number of anilines is 1. The van der Waals surface area contributed by atoms with Gasteiger partial charge in [0.15, 0.2) is 0 Å². The van der Waals surface area contributed by atoms with Gasteiger partial charge < -0.3 is 9.88 Å². The first-order chi connectivity index (χ1) is 13.3. The average Bonchev–Trinajstić information content (AvgIpc) is 3.35. The smallest absolute Gasteiger partial charge is 0.255 e. The first-order valence-corrected chi connectivity index (χ1v) is 8.89. The zero-order valence-corrected chi connectivity index (χ0v) is 14.6. The summed E-state index contributed by atoms with van der Waals surface area (Å²) in [7, 11) is 0. The number of fused-ring (bicyclic) bond motifs is 3. The van der Waals surface area contributed by atoms with Crippen molar-refractivity contribution in [1.29, 1.82) is 0 Å². The molecule has 0 saturated heterocycles. The summed E-state index contributed by atoms with van der Waals surface area (Å²) in [5, 5.41) is 3.01. The molecule has 27 heavy (non-hydrogen) atoms. The normalized spacial score (nSPS) is 11.7. The van der Waals surface area contributed by atoms with Gasteiger partial charge in [-0.25, -0.2) is 4.98 Å². The fourth-order valence-corrected chi connectivity index (χ4v) is 3.62. The molecule has 5 rings (SSSR count). The molecule has 4 nitrogen and oxygen atoms in total. The van der Waals surface area contributed by atoms with Crippen LogP contribution in [0.3, 0.4) is 0 Å². The largest absolute Gasteiger partial charge is 0.322 e. The topological polar surface area (TPSA) is 46.9 Å². The van der Waals surface area contributed by atoms with Crippen molar-refractivity contribution in [3.8, 4) is 16.8 Å². The van der Waals surface area contributed by atoms with Crippen molar-refractivity contribution in [2.24, 2.45) is 0 Å². The molecular formula is C23H17N3O. The number of imidazole rings is 1. The Hall–Kier alpha value is -3.66. The minimum Gasteiger partial charge on any atom is -0.322 e. The minimum atomic E-state index is -0.109. The van der Waals surface area contributed by atoms with Crippen molar-refractivity contribution in [3.05, 3.63) is 102 Å². The number of amides is 1. The molecule has 0 spiro atoms. The Kier molecular flexibility index (Phi) is 3.61. The number of nitrogens with zero attached hydrogens (tertiary/aromatic N) is 2. The molecule has 0 radical (unpaired) electrons. The number of carbonyl (C=O) groups excluding carboxylic acids is 1. The van der Waals surface area contributed by atoms with Crippen LogP contribution in [0.4, 0.5) is 5.69 Å². The number of aromatic nitrogens is 2. The van der Waals surface area contributed by atoms with Crippen molar-refractivity contribution in [2.75, 3.05) is 5.32 Å². The molecule has 1 amide bonds. The second-order valence-electron chi connectivity index (χ2n) is 6.68. The first kappa shape index (κ1) is 15.6. The number of benzene rings is 3. The number of nitrogens with one attached hydrogen (secondary N) is 1. The monoisotopic (exact) mass is 351 g/mol. The number of carbonyl (C=O) groups is 1. The van der Waals surface area contributed by atoms with Crippen LogP contribution < -0.4 is 5.32 Å². The highest BCUT2D eigenvalue weighted by Gasteiger charge is 2.18. The molecule has 3 aromatic carbocycles. The third-order valence-corrected chi connectivity index (χ3v) is 4.98. The molecule has 0 saturated carbocycles. The Balaban J connectivity index is 1.35. The van der Waals surface area contributed by atoms with Gasteiger partial charge in [-0.1, -0.05) is 30.3 Å². The molecule has 0 aliphatic heterocycles. The molecule has 0 unspecified atom stereocenters. The maximum absolute atomic E-state index is 12.6. The van der Waals surface area contributed by atoms with Crippen LogP contribution in [0.15, 0.2) is 85.5 Å². The van der Waals surface area contributed by atoms with Gasteiger partial charge in [0.2, 0.25) is 0 Å². The highest BCUT2D eigenvalue weighted by molar-refractivity contribution is 6.04. The van der Waals surface area contributed by atoms with E-state index in [1.165, 1.54) is 22.3 Å². The van der Waals surface area contributed by atoms with E-state index in [1.807, 2.05) is 41.1 Å². The molecular weight excluding hydrogens is 334 g/mol. The van der Waals surface area contributed by atoms with Gasteiger partial charge in [0.25, 0.3) is 5.91 Å². The van der Waals surface area contributed by atoms with E-state index in [1.54, 1.807) is 12.5 Å². The number of hydrogen-bond donors (Lipinski definition) is 1. The van der Waals surface area contributed by atoms with Crippen molar-refractivity contribution < 1.29 is 4.79 Å². The maximum Gasteiger partial charge on any atom is 0.255 e. The van der Waals surface area contributed by atoms with Crippen molar-refractivity contribution in [1.82, 2.24) is 9.55 Å². The zero-order valence-electron chi connectivity index (χ0n) is 14.6. The number of rotatable bonds is 3. The van der Waals surface area contributed by atoms with Crippen LogP contribution in [0.25, 0.3) is 16.8 Å². The van der Waals surface area contributed by atoms with Crippen LogP contribution in [0.1, 0.15) is 21.5 Å². The van der Waals surface area contributed by atoms with Crippen molar-refractivity contribution in [2.45, 2.75) is 6.42 Å². The molecule has 130 valence electrons. The second kappa shape index (κ2) is 6.25. The highest BCUT2D eigenvalue weighted by Crippen LogP contribution is 2.37. The summed E-state index contributed by atoms with van der Waals surface area (Å²) in [5.41, 5.74) is 7.57. The molecule has 1 aliphatic rings. The Morgan fingerprint density at radius 1 is 0.926 bits per heavy atom. The summed E-state index contributed by atoms with van der Waals surface area (Å²) in [6, 6.07) is 22.1. The summed E-state index contributed by atoms with van der Waals surface area (Å²) in [6.07, 6.45) is 6.25. The SMILES string of the molecule is O=C(Nc1ccc2c(c1)Cc1ccccc1-2)c1ccc(-n2ccnc2)cc1. The van der Waals surface area contributed by atoms with Gasteiger partial charge in [0, 0.05) is 29.3 Å². The molecule has 1 aromatic heterocycles. The van der Waals surface area contributed by atoms with E-state index >= 15 is 0 Å². The van der Waals surface area contributed by atoms with Crippen molar-refractivity contribution in [3.63, 3.8) is 0 Å². The van der Waals surface area contributed by atoms with E-state index in [2.05, 4.69) is 46.7 Å². The summed E-state index contributed by atoms with van der Waals surface area (Å²) in [6.45, 7) is 0. The van der Waals surface area contributed by atoms with E-state index in [-0.39, 0.29) is 5.91 Å². The maximum atomic E-state index is 12.6. The van der Waals surface area contributed by atoms with E-state index in [4.69, 9.17) is 0 Å². The van der Waals surface area contributed by atoms with E-state index < -0.39 is 0 Å². The van der Waals surface area contributed by atoms with Crippen molar-refractivity contribution >= 4 is 11.6 Å². The Morgan fingerprint density at radius 2 is 1.74 bits per heavy atom. The molecule has 0 atom stereocenters. The summed E-state index contributed by atoms with van der Waals surface area (Å²) in [4.78, 5) is 16.6. The first-order valence-electron chi connectivity index (χ1n) is 8.89. The van der Waals surface area contributed by atoms with Gasteiger partial charge in [-0.3, -0.25) is 4.79 Å². The zero-order chi connectivity index (χ0) is 18.2. The predicted octanol–water partition coefficient (Wildman–Crippen LogP) is 4.70. The lowest BCUT2D eigenvalue weighted by Gasteiger charge is -2.09. The van der Waals surface area contributed by atoms with Gasteiger partial charge in [-0.05, 0) is 65.1 Å². The fraction of sp³-hybridized carbons (Fsp3) is 0.0435. The summed E-state index contributed by atoms with van der Waals surface area (Å²) >= 11 is 0. The van der Waals surface area contributed by atoms with Crippen LogP contribution in [0.2, 0.25) is 0 Å². The van der Waals surface area contributed by atoms with Gasteiger partial charge in [0.1, 0.15) is 0 Å². The summed E-state index contributed by atoms with van der Waals surface area (Å²) in [5.74, 6) is -0.109. The number of hydrogen-bond acceptors (Lipinski definition) is 2. The molecule has 1 heterocycles. The van der Waals surface area contributed by atoms with E-state index in [0.29, 0.717) is 5.56 Å².